The highest BCUT2D eigenvalue weighted by atomic mass is 35.5. The second-order valence-electron chi connectivity index (χ2n) is 7.51. The van der Waals surface area contributed by atoms with Crippen LogP contribution in [0.5, 0.6) is 0 Å². The summed E-state index contributed by atoms with van der Waals surface area (Å²) in [7, 11) is 0. The zero-order chi connectivity index (χ0) is 20.6. The van der Waals surface area contributed by atoms with Crippen molar-refractivity contribution in [3.05, 3.63) is 115 Å². The van der Waals surface area contributed by atoms with Crippen LogP contribution in [-0.2, 0) is 0 Å². The lowest BCUT2D eigenvalue weighted by molar-refractivity contribution is 1.62. The molecule has 2 aliphatic rings. The predicted octanol–water partition coefficient (Wildman–Crippen LogP) is 9.27. The van der Waals surface area contributed by atoms with Crippen molar-refractivity contribution >= 4 is 57.5 Å². The number of halogens is 4. The Hall–Kier alpha value is -2.22. The fourth-order valence-corrected chi connectivity index (χ4v) is 5.35. The third kappa shape index (κ3) is 2.62. The largest absolute Gasteiger partial charge is 0.0843 e. The van der Waals surface area contributed by atoms with Crippen LogP contribution in [0.15, 0.2) is 72.8 Å². The SMILES string of the molecule is Clc1ccc2c(c1)-c1cc(Cl)ccc1C2=C1c2ccc(Cl)cc2-c2cc(Cl)ccc21. The van der Waals surface area contributed by atoms with Gasteiger partial charge in [-0.1, -0.05) is 70.7 Å². The minimum atomic E-state index is 0.705. The van der Waals surface area contributed by atoms with Crippen molar-refractivity contribution in [3.8, 4) is 22.3 Å². The Morgan fingerprint density at radius 1 is 0.300 bits per heavy atom. The van der Waals surface area contributed by atoms with Gasteiger partial charge in [-0.3, -0.25) is 0 Å². The van der Waals surface area contributed by atoms with E-state index in [0.717, 1.165) is 44.5 Å². The van der Waals surface area contributed by atoms with Crippen molar-refractivity contribution in [1.82, 2.24) is 0 Å². The van der Waals surface area contributed by atoms with E-state index in [4.69, 9.17) is 46.4 Å². The molecular formula is C26H12Cl4. The number of hydrogen-bond acceptors (Lipinski definition) is 0. The first kappa shape index (κ1) is 18.5. The second-order valence-corrected chi connectivity index (χ2v) is 9.26. The lowest BCUT2D eigenvalue weighted by Gasteiger charge is -2.11. The highest BCUT2D eigenvalue weighted by Crippen LogP contribution is 2.55. The topological polar surface area (TPSA) is 0 Å². The van der Waals surface area contributed by atoms with Crippen molar-refractivity contribution in [1.29, 1.82) is 0 Å². The van der Waals surface area contributed by atoms with Crippen molar-refractivity contribution < 1.29 is 0 Å². The fraction of sp³-hybridized carbons (Fsp3) is 0. The van der Waals surface area contributed by atoms with Gasteiger partial charge in [-0.05, 0) is 104 Å². The molecule has 4 aromatic carbocycles. The zero-order valence-corrected chi connectivity index (χ0v) is 18.5. The molecule has 0 saturated heterocycles. The lowest BCUT2D eigenvalue weighted by Crippen LogP contribution is -1.90. The van der Waals surface area contributed by atoms with Crippen molar-refractivity contribution in [2.75, 3.05) is 0 Å². The minimum Gasteiger partial charge on any atom is -0.0843 e. The summed E-state index contributed by atoms with van der Waals surface area (Å²) in [6.07, 6.45) is 0. The molecule has 2 aliphatic carbocycles. The van der Waals surface area contributed by atoms with Crippen LogP contribution in [0.4, 0.5) is 0 Å². The summed E-state index contributed by atoms with van der Waals surface area (Å²) in [4.78, 5) is 0. The molecule has 0 aliphatic heterocycles. The van der Waals surface area contributed by atoms with E-state index >= 15 is 0 Å². The molecule has 0 spiro atoms. The fourth-order valence-electron chi connectivity index (χ4n) is 4.66. The van der Waals surface area contributed by atoms with Gasteiger partial charge < -0.3 is 0 Å². The van der Waals surface area contributed by atoms with E-state index in [-0.39, 0.29) is 0 Å². The van der Waals surface area contributed by atoms with Crippen molar-refractivity contribution in [2.45, 2.75) is 0 Å². The second kappa shape index (κ2) is 6.64. The monoisotopic (exact) mass is 464 g/mol. The summed E-state index contributed by atoms with van der Waals surface area (Å²) in [5.41, 5.74) is 11.3. The van der Waals surface area contributed by atoms with Gasteiger partial charge in [0.2, 0.25) is 0 Å². The summed E-state index contributed by atoms with van der Waals surface area (Å²) in [6.45, 7) is 0. The maximum atomic E-state index is 6.36. The van der Waals surface area contributed by atoms with Crippen LogP contribution >= 0.6 is 46.4 Å². The maximum Gasteiger partial charge on any atom is 0.0412 e. The molecule has 4 aromatic rings. The van der Waals surface area contributed by atoms with E-state index in [1.54, 1.807) is 0 Å². The van der Waals surface area contributed by atoms with Gasteiger partial charge in [-0.15, -0.1) is 0 Å². The van der Waals surface area contributed by atoms with Crippen LogP contribution in [0.2, 0.25) is 20.1 Å². The predicted molar refractivity (Wildman–Crippen MR) is 129 cm³/mol. The Bertz CT molecular complexity index is 1210. The smallest absolute Gasteiger partial charge is 0.0412 e. The minimum absolute atomic E-state index is 0.705. The van der Waals surface area contributed by atoms with E-state index in [1.807, 2.05) is 48.5 Å². The van der Waals surface area contributed by atoms with Crippen molar-refractivity contribution in [2.24, 2.45) is 0 Å². The van der Waals surface area contributed by atoms with Gasteiger partial charge in [0.25, 0.3) is 0 Å². The molecule has 0 heterocycles. The molecule has 0 nitrogen and oxygen atoms in total. The van der Waals surface area contributed by atoms with E-state index in [2.05, 4.69) is 24.3 Å². The van der Waals surface area contributed by atoms with Crippen LogP contribution in [0.1, 0.15) is 22.3 Å². The standard InChI is InChI=1S/C26H12Cl4/c27-13-1-5-17-21(9-13)22-10-14(28)2-6-18(22)25(17)26-19-7-3-15(29)11-23(19)24-12-16(30)4-8-20(24)26/h1-12H. The van der Waals surface area contributed by atoms with Gasteiger partial charge in [-0.2, -0.15) is 0 Å². The average Bonchev–Trinajstić information content (AvgIpc) is 3.19. The molecule has 0 N–H and O–H groups in total. The molecule has 0 amide bonds. The summed E-state index contributed by atoms with van der Waals surface area (Å²) >= 11 is 25.4. The van der Waals surface area contributed by atoms with Crippen LogP contribution in [0.3, 0.4) is 0 Å². The molecular weight excluding hydrogens is 454 g/mol. The highest BCUT2D eigenvalue weighted by molar-refractivity contribution is 6.34. The average molecular weight is 466 g/mol. The molecule has 0 aromatic heterocycles. The van der Waals surface area contributed by atoms with Crippen LogP contribution in [0, 0.1) is 0 Å². The van der Waals surface area contributed by atoms with E-state index in [1.165, 1.54) is 11.1 Å². The number of rotatable bonds is 0. The van der Waals surface area contributed by atoms with Crippen LogP contribution in [-0.4, -0.2) is 0 Å². The maximum absolute atomic E-state index is 6.36. The first-order chi connectivity index (χ1) is 14.5. The van der Waals surface area contributed by atoms with Gasteiger partial charge in [-0.25, -0.2) is 0 Å². The molecule has 0 bridgehead atoms. The first-order valence-electron chi connectivity index (χ1n) is 9.46. The number of benzene rings is 4. The van der Waals surface area contributed by atoms with E-state index < -0.39 is 0 Å². The quantitative estimate of drug-likeness (QED) is 0.209. The molecule has 0 unspecified atom stereocenters. The molecule has 0 atom stereocenters. The molecule has 144 valence electrons. The molecule has 0 fully saturated rings. The Morgan fingerprint density at radius 3 is 0.767 bits per heavy atom. The zero-order valence-electron chi connectivity index (χ0n) is 15.4. The molecule has 0 saturated carbocycles. The Morgan fingerprint density at radius 2 is 0.533 bits per heavy atom. The number of hydrogen-bond donors (Lipinski definition) is 0. The number of fused-ring (bicyclic) bond motifs is 6. The molecule has 30 heavy (non-hydrogen) atoms. The van der Waals surface area contributed by atoms with Crippen molar-refractivity contribution in [3.63, 3.8) is 0 Å². The molecule has 0 radical (unpaired) electrons. The van der Waals surface area contributed by atoms with Gasteiger partial charge >= 0.3 is 0 Å². The van der Waals surface area contributed by atoms with Gasteiger partial charge in [0, 0.05) is 20.1 Å². The summed E-state index contributed by atoms with van der Waals surface area (Å²) in [5, 5.41) is 2.82. The summed E-state index contributed by atoms with van der Waals surface area (Å²) in [6, 6.07) is 24.2. The Balaban J connectivity index is 1.79. The normalized spacial score (nSPS) is 13.2. The van der Waals surface area contributed by atoms with Crippen LogP contribution < -0.4 is 0 Å². The summed E-state index contributed by atoms with van der Waals surface area (Å²) in [5.74, 6) is 0. The van der Waals surface area contributed by atoms with Gasteiger partial charge in [0.1, 0.15) is 0 Å². The molecule has 4 heteroatoms. The van der Waals surface area contributed by atoms with Crippen LogP contribution in [0.25, 0.3) is 33.4 Å². The third-order valence-corrected chi connectivity index (χ3v) is 6.77. The first-order valence-corrected chi connectivity index (χ1v) is 11.0. The molecule has 6 rings (SSSR count). The van der Waals surface area contributed by atoms with Gasteiger partial charge in [0.15, 0.2) is 0 Å². The Labute approximate surface area is 194 Å². The van der Waals surface area contributed by atoms with Gasteiger partial charge in [0.05, 0.1) is 0 Å². The highest BCUT2D eigenvalue weighted by Gasteiger charge is 2.32. The van der Waals surface area contributed by atoms with E-state index in [0.29, 0.717) is 20.1 Å². The lowest BCUT2D eigenvalue weighted by atomic mass is 9.92. The summed E-state index contributed by atoms with van der Waals surface area (Å²) < 4.78 is 0. The Kier molecular flexibility index (Phi) is 4.10. The van der Waals surface area contributed by atoms with E-state index in [9.17, 15) is 0 Å². The third-order valence-electron chi connectivity index (χ3n) is 5.83.